The molecule has 3 N–H and O–H groups in total. The molecule has 13 heteroatoms. The van der Waals surface area contributed by atoms with Crippen molar-refractivity contribution in [3.8, 4) is 0 Å². The Morgan fingerprint density at radius 1 is 1.21 bits per heavy atom. The van der Waals surface area contributed by atoms with Gasteiger partial charge in [0.1, 0.15) is 16.8 Å². The molecule has 1 fully saturated rings. The topological polar surface area (TPSA) is 99.8 Å². The number of alkyl halides is 2. The fourth-order valence-electron chi connectivity index (χ4n) is 3.08. The summed E-state index contributed by atoms with van der Waals surface area (Å²) in [5.74, 6) is -2.64. The maximum Gasteiger partial charge on any atom is 0.414 e. The number of amides is 2. The molecule has 1 aliphatic rings. The molecule has 0 unspecified atom stereocenters. The summed E-state index contributed by atoms with van der Waals surface area (Å²) < 4.78 is 59.5. The zero-order valence-electron chi connectivity index (χ0n) is 17.5. The highest BCUT2D eigenvalue weighted by atomic mass is 32.1. The van der Waals surface area contributed by atoms with Crippen LogP contribution in [0.25, 0.3) is 0 Å². The van der Waals surface area contributed by atoms with Crippen LogP contribution in [0.4, 0.5) is 45.1 Å². The maximum atomic E-state index is 14.8. The standard InChI is InChI=1S/C21H18F4N4O4S/c1-10(30)27-11-3-2-4-17(31)16(5-11)28-18-14(22)6-12(7-15(18)23)29-9-13(33-21(29)32)8-26-20(34)19(24)25/h2-7,13,19H,8-9H2,1H3,(H,26,34)(H,27,30)(H,28,31)/t13-/m0/s1. The molecule has 0 bridgehead atoms. The highest BCUT2D eigenvalue weighted by Crippen LogP contribution is 2.30. The average Bonchev–Trinajstić information content (AvgIpc) is 3.04. The van der Waals surface area contributed by atoms with Gasteiger partial charge in [0.2, 0.25) is 11.3 Å². The maximum absolute atomic E-state index is 14.8. The lowest BCUT2D eigenvalue weighted by Gasteiger charge is -2.16. The molecule has 1 aliphatic heterocycles. The molecule has 0 radical (unpaired) electrons. The molecule has 0 saturated carbocycles. The molecule has 2 aromatic rings. The van der Waals surface area contributed by atoms with Gasteiger partial charge in [-0.3, -0.25) is 14.5 Å². The van der Waals surface area contributed by atoms with E-state index in [2.05, 4.69) is 28.2 Å². The van der Waals surface area contributed by atoms with Crippen molar-refractivity contribution >= 4 is 52.0 Å². The van der Waals surface area contributed by atoms with E-state index in [0.29, 0.717) is 0 Å². The van der Waals surface area contributed by atoms with Crippen molar-refractivity contribution in [3.63, 3.8) is 0 Å². The fraction of sp³-hybridized carbons (Fsp3) is 0.238. The van der Waals surface area contributed by atoms with Crippen LogP contribution in [0.15, 0.2) is 41.2 Å². The lowest BCUT2D eigenvalue weighted by atomic mass is 10.2. The number of nitrogens with zero attached hydrogens (tertiary/aromatic N) is 1. The predicted molar refractivity (Wildman–Crippen MR) is 121 cm³/mol. The number of anilines is 4. The summed E-state index contributed by atoms with van der Waals surface area (Å²) in [6, 6.07) is 6.87. The zero-order chi connectivity index (χ0) is 25.0. The van der Waals surface area contributed by atoms with E-state index < -0.39 is 52.3 Å². The van der Waals surface area contributed by atoms with Crippen molar-refractivity contribution < 1.29 is 31.9 Å². The van der Waals surface area contributed by atoms with E-state index >= 15 is 0 Å². The van der Waals surface area contributed by atoms with E-state index in [-0.39, 0.29) is 30.2 Å². The van der Waals surface area contributed by atoms with Gasteiger partial charge in [-0.05, 0) is 18.2 Å². The summed E-state index contributed by atoms with van der Waals surface area (Å²) in [4.78, 5) is 35.9. The van der Waals surface area contributed by atoms with Gasteiger partial charge in [-0.1, -0.05) is 18.3 Å². The zero-order valence-corrected chi connectivity index (χ0v) is 18.3. The van der Waals surface area contributed by atoms with Crippen LogP contribution < -0.4 is 26.3 Å². The summed E-state index contributed by atoms with van der Waals surface area (Å²) in [7, 11) is 0. The van der Waals surface area contributed by atoms with Gasteiger partial charge in [0.25, 0.3) is 6.43 Å². The number of hydrogen-bond acceptors (Lipinski definition) is 6. The molecule has 180 valence electrons. The van der Waals surface area contributed by atoms with Crippen molar-refractivity contribution in [2.75, 3.05) is 28.6 Å². The van der Waals surface area contributed by atoms with E-state index in [1.165, 1.54) is 25.1 Å². The van der Waals surface area contributed by atoms with Crippen molar-refractivity contribution in [2.24, 2.45) is 0 Å². The van der Waals surface area contributed by atoms with Gasteiger partial charge in [-0.25, -0.2) is 22.4 Å². The number of carbonyl (C=O) groups is 2. The number of carbonyl (C=O) groups excluding carboxylic acids is 2. The second-order valence-corrected chi connectivity index (χ2v) is 7.60. The third-order valence-corrected chi connectivity index (χ3v) is 4.91. The van der Waals surface area contributed by atoms with Gasteiger partial charge >= 0.3 is 6.09 Å². The number of nitrogens with one attached hydrogen (secondary N) is 3. The number of ether oxygens (including phenoxy) is 1. The first-order chi connectivity index (χ1) is 16.0. The fourth-order valence-corrected chi connectivity index (χ4v) is 3.17. The second kappa shape index (κ2) is 10.5. The summed E-state index contributed by atoms with van der Waals surface area (Å²) in [6.45, 7) is 0.889. The molecule has 8 nitrogen and oxygen atoms in total. The van der Waals surface area contributed by atoms with Crippen LogP contribution in [0.3, 0.4) is 0 Å². The third-order valence-electron chi connectivity index (χ3n) is 4.58. The van der Waals surface area contributed by atoms with E-state index in [1.54, 1.807) is 0 Å². The molecule has 2 amide bonds. The number of thiocarbonyl (C=S) groups is 1. The normalized spacial score (nSPS) is 15.2. The van der Waals surface area contributed by atoms with E-state index in [0.717, 1.165) is 23.1 Å². The van der Waals surface area contributed by atoms with Gasteiger partial charge in [0.15, 0.2) is 11.6 Å². The number of cyclic esters (lactones) is 1. The van der Waals surface area contributed by atoms with Crippen molar-refractivity contribution in [1.82, 2.24) is 5.32 Å². The minimum Gasteiger partial charge on any atom is -0.442 e. The molecule has 2 aromatic carbocycles. The molecule has 0 aliphatic carbocycles. The Labute approximate surface area is 195 Å². The highest BCUT2D eigenvalue weighted by Gasteiger charge is 2.33. The highest BCUT2D eigenvalue weighted by molar-refractivity contribution is 7.80. The van der Waals surface area contributed by atoms with Crippen LogP contribution in [-0.2, 0) is 9.53 Å². The van der Waals surface area contributed by atoms with Gasteiger partial charge in [-0.2, -0.15) is 0 Å². The first kappa shape index (κ1) is 24.9. The molecule has 3 rings (SSSR count). The molecular weight excluding hydrogens is 480 g/mol. The van der Waals surface area contributed by atoms with Crippen LogP contribution in [0.2, 0.25) is 0 Å². The molecule has 0 aromatic heterocycles. The van der Waals surface area contributed by atoms with Crippen LogP contribution in [0, 0.1) is 11.6 Å². The Balaban J connectivity index is 1.80. The van der Waals surface area contributed by atoms with Crippen molar-refractivity contribution in [3.05, 3.63) is 58.3 Å². The van der Waals surface area contributed by atoms with Gasteiger partial charge in [-0.15, -0.1) is 0 Å². The molecule has 1 heterocycles. The summed E-state index contributed by atoms with van der Waals surface area (Å²) >= 11 is 4.45. The van der Waals surface area contributed by atoms with Gasteiger partial charge < -0.3 is 20.7 Å². The Morgan fingerprint density at radius 2 is 1.88 bits per heavy atom. The number of hydrogen-bond donors (Lipinski definition) is 3. The molecule has 1 saturated heterocycles. The van der Waals surface area contributed by atoms with E-state index in [1.807, 2.05) is 0 Å². The summed E-state index contributed by atoms with van der Waals surface area (Å²) in [5, 5.41) is 7.11. The molecular formula is C21H18F4N4O4S. The van der Waals surface area contributed by atoms with E-state index in [4.69, 9.17) is 4.74 Å². The van der Waals surface area contributed by atoms with Gasteiger partial charge in [0, 0.05) is 24.7 Å². The summed E-state index contributed by atoms with van der Waals surface area (Å²) in [6.07, 6.45) is -4.68. The summed E-state index contributed by atoms with van der Waals surface area (Å²) in [5.41, 5.74) is -1.42. The quantitative estimate of drug-likeness (QED) is 0.397. The van der Waals surface area contributed by atoms with Crippen LogP contribution in [0.5, 0.6) is 0 Å². The van der Waals surface area contributed by atoms with Crippen LogP contribution in [-0.4, -0.2) is 42.6 Å². The minimum absolute atomic E-state index is 0.164. The number of rotatable bonds is 7. The Morgan fingerprint density at radius 3 is 2.50 bits per heavy atom. The number of halogens is 4. The van der Waals surface area contributed by atoms with Crippen LogP contribution >= 0.6 is 12.2 Å². The predicted octanol–water partition coefficient (Wildman–Crippen LogP) is 3.53. The molecule has 34 heavy (non-hydrogen) atoms. The van der Waals surface area contributed by atoms with Crippen molar-refractivity contribution in [1.29, 1.82) is 0 Å². The second-order valence-electron chi connectivity index (χ2n) is 7.16. The smallest absolute Gasteiger partial charge is 0.414 e. The lowest BCUT2D eigenvalue weighted by Crippen LogP contribution is -2.36. The van der Waals surface area contributed by atoms with Crippen LogP contribution in [0.1, 0.15) is 6.92 Å². The SMILES string of the molecule is CC(=O)Nc1cccc(=O)c(Nc2c(F)cc(N3C[C@H](CNC(=S)C(F)F)OC3=O)cc2F)c1. The van der Waals surface area contributed by atoms with E-state index in [9.17, 15) is 31.9 Å². The molecule has 0 spiro atoms. The lowest BCUT2D eigenvalue weighted by molar-refractivity contribution is -0.114. The molecule has 1 atom stereocenters. The Hall–Kier alpha value is -3.74. The monoisotopic (exact) mass is 498 g/mol. The first-order valence-electron chi connectivity index (χ1n) is 9.77. The third kappa shape index (κ3) is 5.98. The first-order valence-corrected chi connectivity index (χ1v) is 10.2. The Kier molecular flexibility index (Phi) is 7.66. The Bertz CT molecular complexity index is 1170. The van der Waals surface area contributed by atoms with Gasteiger partial charge in [0.05, 0.1) is 24.5 Å². The largest absolute Gasteiger partial charge is 0.442 e. The minimum atomic E-state index is -2.87. The number of benzene rings is 1. The average molecular weight is 498 g/mol. The van der Waals surface area contributed by atoms with Crippen molar-refractivity contribution in [2.45, 2.75) is 19.5 Å².